The molecule has 0 spiro atoms. The van der Waals surface area contributed by atoms with Gasteiger partial charge in [-0.1, -0.05) is 0 Å². The molecule has 0 saturated carbocycles. The van der Waals surface area contributed by atoms with E-state index in [0.29, 0.717) is 40.0 Å². The van der Waals surface area contributed by atoms with Crippen LogP contribution in [0.2, 0.25) is 0 Å². The predicted octanol–water partition coefficient (Wildman–Crippen LogP) is 4.26. The quantitative estimate of drug-likeness (QED) is 0.666. The third-order valence-corrected chi connectivity index (χ3v) is 4.51. The Morgan fingerprint density at radius 1 is 1.19 bits per heavy atom. The van der Waals surface area contributed by atoms with Crippen molar-refractivity contribution in [1.29, 1.82) is 5.26 Å². The Morgan fingerprint density at radius 2 is 1.81 bits per heavy atom. The molecular weight excluding hydrogens is 411 g/mol. The number of allylic oxidation sites excluding steroid dienone is 1. The number of aryl methyl sites for hydroxylation is 2. The van der Waals surface area contributed by atoms with Gasteiger partial charge in [0.05, 0.1) is 17.2 Å². The summed E-state index contributed by atoms with van der Waals surface area (Å²) in [6, 6.07) is 11.2. The summed E-state index contributed by atoms with van der Waals surface area (Å²) in [5, 5.41) is 8.98. The number of benzene rings is 2. The van der Waals surface area contributed by atoms with Crippen LogP contribution in [-0.2, 0) is 4.79 Å². The molecule has 158 valence electrons. The number of nitrogens with zero attached hydrogens (tertiary/aromatic N) is 3. The van der Waals surface area contributed by atoms with Crippen molar-refractivity contribution in [3.8, 4) is 11.8 Å². The van der Waals surface area contributed by atoms with Gasteiger partial charge in [0.25, 0.3) is 12.1 Å². The highest BCUT2D eigenvalue weighted by atomic mass is 19.4. The zero-order valence-corrected chi connectivity index (χ0v) is 16.5. The number of aliphatic imine (C=N–C) groups is 1. The lowest BCUT2D eigenvalue weighted by molar-refractivity contribution is -0.165. The van der Waals surface area contributed by atoms with E-state index < -0.39 is 23.9 Å². The molecule has 0 aromatic heterocycles. The minimum atomic E-state index is -5.06. The first kappa shape index (κ1) is 21.8. The van der Waals surface area contributed by atoms with Gasteiger partial charge in [-0.3, -0.25) is 14.5 Å². The Bertz CT molecular complexity index is 1110. The first-order valence-corrected chi connectivity index (χ1v) is 9.02. The number of carbonyl (C=O) groups excluding carboxylic acids is 2. The standard InChI is InChI=1S/C22H16F3N3O3/c1-13-7-16(12-29)8-14(2)19(13)31-21-27-10-17(20(30)22(23,24)25)11-28(21)18-5-3-15(9-26)4-6-18/h3-8,10-12,21H,1-2H3. The van der Waals surface area contributed by atoms with E-state index >= 15 is 0 Å². The Morgan fingerprint density at radius 3 is 2.32 bits per heavy atom. The summed E-state index contributed by atoms with van der Waals surface area (Å²) in [6.45, 7) is 3.45. The van der Waals surface area contributed by atoms with Gasteiger partial charge in [0.15, 0.2) is 0 Å². The van der Waals surface area contributed by atoms with Crippen molar-refractivity contribution < 1.29 is 27.5 Å². The smallest absolute Gasteiger partial charge is 0.450 e. The monoisotopic (exact) mass is 427 g/mol. The normalized spacial score (nSPS) is 15.8. The summed E-state index contributed by atoms with van der Waals surface area (Å²) in [4.78, 5) is 28.1. The van der Waals surface area contributed by atoms with E-state index in [0.717, 1.165) is 12.4 Å². The van der Waals surface area contributed by atoms with Gasteiger partial charge < -0.3 is 4.74 Å². The van der Waals surface area contributed by atoms with Gasteiger partial charge in [0.1, 0.15) is 12.0 Å². The molecule has 6 nitrogen and oxygen atoms in total. The lowest BCUT2D eigenvalue weighted by Crippen LogP contribution is -2.39. The average Bonchev–Trinajstić information content (AvgIpc) is 2.75. The van der Waals surface area contributed by atoms with Crippen LogP contribution >= 0.6 is 0 Å². The zero-order valence-electron chi connectivity index (χ0n) is 16.5. The van der Waals surface area contributed by atoms with E-state index in [1.54, 1.807) is 26.0 Å². The fraction of sp³-hybridized carbons (Fsp3) is 0.182. The molecule has 1 unspecified atom stereocenters. The van der Waals surface area contributed by atoms with Crippen LogP contribution < -0.4 is 9.64 Å². The molecule has 1 atom stereocenters. The molecular formula is C22H16F3N3O3. The molecule has 0 amide bonds. The Hall–Kier alpha value is -3.93. The van der Waals surface area contributed by atoms with Gasteiger partial charge in [-0.15, -0.1) is 0 Å². The molecule has 0 aliphatic carbocycles. The first-order valence-electron chi connectivity index (χ1n) is 9.02. The lowest BCUT2D eigenvalue weighted by Gasteiger charge is -2.32. The number of halogens is 3. The number of ether oxygens (including phenoxy) is 1. The Balaban J connectivity index is 2.02. The molecule has 2 aromatic carbocycles. The molecule has 3 rings (SSSR count). The van der Waals surface area contributed by atoms with E-state index in [-0.39, 0.29) is 0 Å². The van der Waals surface area contributed by atoms with Crippen LogP contribution in [0.1, 0.15) is 27.0 Å². The maximum absolute atomic E-state index is 12.9. The maximum atomic E-state index is 12.9. The van der Waals surface area contributed by atoms with Crippen molar-refractivity contribution >= 4 is 24.0 Å². The highest BCUT2D eigenvalue weighted by molar-refractivity contribution is 6.16. The lowest BCUT2D eigenvalue weighted by atomic mass is 10.1. The van der Waals surface area contributed by atoms with Crippen molar-refractivity contribution in [3.63, 3.8) is 0 Å². The van der Waals surface area contributed by atoms with E-state index in [1.807, 2.05) is 6.07 Å². The minimum Gasteiger partial charge on any atom is -0.450 e. The SMILES string of the molecule is Cc1cc(C=O)cc(C)c1OC1N=CC(C(=O)C(F)(F)F)=CN1c1ccc(C#N)cc1. The summed E-state index contributed by atoms with van der Waals surface area (Å²) in [6.07, 6.45) is -3.63. The molecule has 0 N–H and O–H groups in total. The topological polar surface area (TPSA) is 82.8 Å². The molecule has 1 heterocycles. The number of nitriles is 1. The van der Waals surface area contributed by atoms with Crippen molar-refractivity contribution in [3.05, 3.63) is 70.4 Å². The largest absolute Gasteiger partial charge is 0.454 e. The summed E-state index contributed by atoms with van der Waals surface area (Å²) < 4.78 is 44.7. The number of aldehydes is 1. The fourth-order valence-electron chi connectivity index (χ4n) is 3.08. The van der Waals surface area contributed by atoms with Gasteiger partial charge in [0.2, 0.25) is 0 Å². The Kier molecular flexibility index (Phi) is 5.92. The highest BCUT2D eigenvalue weighted by Gasteiger charge is 2.41. The molecule has 0 saturated heterocycles. The predicted molar refractivity (Wildman–Crippen MR) is 107 cm³/mol. The Labute approximate surface area is 175 Å². The third kappa shape index (κ3) is 4.64. The number of rotatable bonds is 5. The number of alkyl halides is 3. The molecule has 0 fully saturated rings. The van der Waals surface area contributed by atoms with Gasteiger partial charge in [0, 0.05) is 23.7 Å². The van der Waals surface area contributed by atoms with Crippen molar-refractivity contribution in [2.24, 2.45) is 4.99 Å². The zero-order chi connectivity index (χ0) is 22.8. The summed E-state index contributed by atoms with van der Waals surface area (Å²) in [5.41, 5.74) is 1.80. The summed E-state index contributed by atoms with van der Waals surface area (Å²) in [7, 11) is 0. The molecule has 9 heteroatoms. The van der Waals surface area contributed by atoms with E-state index in [4.69, 9.17) is 10.00 Å². The fourth-order valence-corrected chi connectivity index (χ4v) is 3.08. The van der Waals surface area contributed by atoms with Crippen LogP contribution in [-0.4, -0.2) is 30.8 Å². The molecule has 1 aliphatic rings. The van der Waals surface area contributed by atoms with Crippen LogP contribution in [0.25, 0.3) is 0 Å². The summed E-state index contributed by atoms with van der Waals surface area (Å²) >= 11 is 0. The molecule has 1 aliphatic heterocycles. The van der Waals surface area contributed by atoms with Gasteiger partial charge in [-0.2, -0.15) is 18.4 Å². The molecule has 0 bridgehead atoms. The minimum absolute atomic E-state index is 0.355. The van der Waals surface area contributed by atoms with Crippen molar-refractivity contribution in [2.75, 3.05) is 4.90 Å². The average molecular weight is 427 g/mol. The van der Waals surface area contributed by atoms with Crippen LogP contribution in [0, 0.1) is 25.2 Å². The molecule has 2 aromatic rings. The van der Waals surface area contributed by atoms with Gasteiger partial charge in [-0.05, 0) is 61.4 Å². The van der Waals surface area contributed by atoms with Crippen molar-refractivity contribution in [2.45, 2.75) is 26.4 Å². The number of anilines is 1. The van der Waals surface area contributed by atoms with Crippen LogP contribution in [0.15, 0.2) is 53.2 Å². The number of hydrogen-bond donors (Lipinski definition) is 0. The number of Topliss-reactive ketones (excluding diaryl/α,β-unsaturated/α-hetero) is 1. The number of hydrogen-bond acceptors (Lipinski definition) is 6. The van der Waals surface area contributed by atoms with E-state index in [1.165, 1.54) is 29.2 Å². The van der Waals surface area contributed by atoms with Crippen LogP contribution in [0.4, 0.5) is 18.9 Å². The molecule has 0 radical (unpaired) electrons. The number of ketones is 1. The number of carbonyl (C=O) groups is 2. The maximum Gasteiger partial charge on any atom is 0.454 e. The second-order valence-electron chi connectivity index (χ2n) is 6.80. The van der Waals surface area contributed by atoms with E-state index in [9.17, 15) is 22.8 Å². The third-order valence-electron chi connectivity index (χ3n) is 4.51. The second-order valence-corrected chi connectivity index (χ2v) is 6.80. The first-order chi connectivity index (χ1) is 14.6. The van der Waals surface area contributed by atoms with Gasteiger partial charge >= 0.3 is 6.18 Å². The summed E-state index contributed by atoms with van der Waals surface area (Å²) in [5.74, 6) is -1.62. The highest BCUT2D eigenvalue weighted by Crippen LogP contribution is 2.31. The molecule has 31 heavy (non-hydrogen) atoms. The van der Waals surface area contributed by atoms with E-state index in [2.05, 4.69) is 4.99 Å². The second kappa shape index (κ2) is 8.44. The van der Waals surface area contributed by atoms with Gasteiger partial charge in [-0.25, -0.2) is 4.99 Å². The van der Waals surface area contributed by atoms with Crippen LogP contribution in [0.3, 0.4) is 0 Å². The van der Waals surface area contributed by atoms with Crippen LogP contribution in [0.5, 0.6) is 5.75 Å². The van der Waals surface area contributed by atoms with Crippen molar-refractivity contribution in [1.82, 2.24) is 0 Å².